The van der Waals surface area contributed by atoms with Crippen LogP contribution in [0.25, 0.3) is 23.0 Å². The third-order valence-electron chi connectivity index (χ3n) is 7.83. The molecule has 226 valence electrons. The number of aromatic nitrogens is 2. The number of hydrogen-bond donors (Lipinski definition) is 0. The first-order valence-corrected chi connectivity index (χ1v) is 14.7. The van der Waals surface area contributed by atoms with Crippen molar-refractivity contribution in [2.75, 3.05) is 0 Å². The fourth-order valence-corrected chi connectivity index (χ4v) is 5.33. The summed E-state index contributed by atoms with van der Waals surface area (Å²) in [5.41, 5.74) is 5.74. The molecule has 7 nitrogen and oxygen atoms in total. The van der Waals surface area contributed by atoms with Gasteiger partial charge in [0.05, 0.1) is 17.9 Å². The predicted octanol–water partition coefficient (Wildman–Crippen LogP) is 7.36. The minimum absolute atomic E-state index is 0.104. The fourth-order valence-electron chi connectivity index (χ4n) is 5.33. The van der Waals surface area contributed by atoms with Gasteiger partial charge in [0.15, 0.2) is 0 Å². The molecule has 0 N–H and O–H groups in total. The molecule has 8 heteroatoms. The second kappa shape index (κ2) is 12.9. The quantitative estimate of drug-likeness (QED) is 0.136. The Morgan fingerprint density at radius 1 is 0.870 bits per heavy atom. The highest BCUT2D eigenvalue weighted by molar-refractivity contribution is 6.19. The molecule has 1 aromatic heterocycles. The summed E-state index contributed by atoms with van der Waals surface area (Å²) >= 11 is 0. The van der Waals surface area contributed by atoms with Crippen LogP contribution in [0, 0.1) is 24.1 Å². The van der Waals surface area contributed by atoms with Crippen LogP contribution in [0.3, 0.4) is 0 Å². The topological polar surface area (TPSA) is 88.2 Å². The van der Waals surface area contributed by atoms with E-state index in [1.807, 2.05) is 98.1 Å². The van der Waals surface area contributed by atoms with Gasteiger partial charge < -0.3 is 4.74 Å². The Labute approximate surface area is 266 Å². The van der Waals surface area contributed by atoms with E-state index in [0.29, 0.717) is 23.4 Å². The Hall–Kier alpha value is -6.07. The van der Waals surface area contributed by atoms with E-state index in [1.54, 1.807) is 17.7 Å². The van der Waals surface area contributed by atoms with E-state index in [-0.39, 0.29) is 23.3 Å². The number of halogens is 1. The first-order chi connectivity index (χ1) is 22.3. The third-order valence-corrected chi connectivity index (χ3v) is 7.83. The van der Waals surface area contributed by atoms with Crippen LogP contribution in [0.15, 0.2) is 126 Å². The van der Waals surface area contributed by atoms with Gasteiger partial charge in [-0.25, -0.2) is 9.07 Å². The highest BCUT2D eigenvalue weighted by atomic mass is 19.1. The van der Waals surface area contributed by atoms with E-state index in [4.69, 9.17) is 9.84 Å². The molecule has 0 fully saturated rings. The number of aryl methyl sites for hydroxylation is 1. The summed E-state index contributed by atoms with van der Waals surface area (Å²) in [5.74, 6) is -0.925. The summed E-state index contributed by atoms with van der Waals surface area (Å²) in [7, 11) is 0. The second-order valence-corrected chi connectivity index (χ2v) is 11.0. The van der Waals surface area contributed by atoms with Gasteiger partial charge in [-0.05, 0) is 84.7 Å². The standard InChI is InChI=1S/C38H29FN4O3/c1-25-19-29(15-18-35(25)46-24-28-9-5-3-6-10-28)36-30(23-43(41-36)32-11-7-4-8-12-32)20-33-26(2)34(21-40)38(45)42(37(33)44)22-27-13-16-31(39)17-14-27/h3-20,23H,22,24H2,1-2H3/b33-20+. The molecule has 46 heavy (non-hydrogen) atoms. The van der Waals surface area contributed by atoms with Crippen molar-refractivity contribution in [1.29, 1.82) is 5.26 Å². The Kier molecular flexibility index (Phi) is 8.40. The number of para-hydroxylation sites is 1. The summed E-state index contributed by atoms with van der Waals surface area (Å²) in [5, 5.41) is 14.8. The molecular formula is C38H29FN4O3. The average molecular weight is 609 g/mol. The van der Waals surface area contributed by atoms with E-state index in [0.717, 1.165) is 33.0 Å². The monoisotopic (exact) mass is 608 g/mol. The van der Waals surface area contributed by atoms with Crippen LogP contribution in [-0.2, 0) is 22.7 Å². The van der Waals surface area contributed by atoms with Crippen LogP contribution in [0.2, 0.25) is 0 Å². The van der Waals surface area contributed by atoms with Gasteiger partial charge in [-0.3, -0.25) is 14.5 Å². The number of carbonyl (C=O) groups is 2. The molecule has 0 radical (unpaired) electrons. The maximum atomic E-state index is 13.9. The van der Waals surface area contributed by atoms with E-state index in [2.05, 4.69) is 0 Å². The fraction of sp³-hybridized carbons (Fsp3) is 0.105. The summed E-state index contributed by atoms with van der Waals surface area (Å²) in [6.07, 6.45) is 3.50. The summed E-state index contributed by atoms with van der Waals surface area (Å²) in [4.78, 5) is 28.1. The number of ether oxygens (including phenoxy) is 1. The van der Waals surface area contributed by atoms with Crippen LogP contribution in [0.4, 0.5) is 4.39 Å². The number of imide groups is 1. The molecule has 0 saturated carbocycles. The number of benzene rings is 4. The zero-order chi connectivity index (χ0) is 32.2. The van der Waals surface area contributed by atoms with E-state index < -0.39 is 17.6 Å². The number of amides is 2. The van der Waals surface area contributed by atoms with Gasteiger partial charge in [-0.1, -0.05) is 60.7 Å². The van der Waals surface area contributed by atoms with Gasteiger partial charge in [-0.2, -0.15) is 10.4 Å². The molecule has 0 aliphatic carbocycles. The first kappa shape index (κ1) is 30.0. The number of nitrogens with zero attached hydrogens (tertiary/aromatic N) is 4. The SMILES string of the molecule is CC1=C(C#N)C(=O)N(Cc2ccc(F)cc2)C(=O)/C1=C/c1cn(-c2ccccc2)nc1-c1ccc(OCc2ccccc2)c(C)c1. The van der Waals surface area contributed by atoms with Gasteiger partial charge in [0.2, 0.25) is 0 Å². The Balaban J connectivity index is 1.41. The molecule has 4 aromatic carbocycles. The maximum absolute atomic E-state index is 13.9. The van der Waals surface area contributed by atoms with Crippen molar-refractivity contribution in [3.8, 4) is 28.8 Å². The van der Waals surface area contributed by atoms with E-state index in [1.165, 1.54) is 24.3 Å². The molecule has 1 aliphatic heterocycles. The van der Waals surface area contributed by atoms with Gasteiger partial charge in [0, 0.05) is 22.9 Å². The minimum atomic E-state index is -0.687. The van der Waals surface area contributed by atoms with E-state index in [9.17, 15) is 19.2 Å². The molecule has 0 bridgehead atoms. The minimum Gasteiger partial charge on any atom is -0.489 e. The summed E-state index contributed by atoms with van der Waals surface area (Å²) in [6, 6.07) is 32.8. The molecule has 0 atom stereocenters. The van der Waals surface area contributed by atoms with Crippen molar-refractivity contribution in [1.82, 2.24) is 14.7 Å². The van der Waals surface area contributed by atoms with Gasteiger partial charge in [0.1, 0.15) is 29.8 Å². The van der Waals surface area contributed by atoms with Gasteiger partial charge >= 0.3 is 0 Å². The number of carbonyl (C=O) groups excluding carboxylic acids is 2. The van der Waals surface area contributed by atoms with Crippen LogP contribution in [0.5, 0.6) is 5.75 Å². The first-order valence-electron chi connectivity index (χ1n) is 14.7. The van der Waals surface area contributed by atoms with Crippen LogP contribution in [-0.4, -0.2) is 26.5 Å². The number of rotatable bonds is 8. The average Bonchev–Trinajstić information content (AvgIpc) is 3.50. The van der Waals surface area contributed by atoms with Crippen LogP contribution >= 0.6 is 0 Å². The molecule has 5 aromatic rings. The highest BCUT2D eigenvalue weighted by Crippen LogP contribution is 2.33. The molecular weight excluding hydrogens is 579 g/mol. The Morgan fingerprint density at radius 3 is 2.24 bits per heavy atom. The number of hydrogen-bond acceptors (Lipinski definition) is 5. The zero-order valence-electron chi connectivity index (χ0n) is 25.3. The van der Waals surface area contributed by atoms with Gasteiger partial charge in [-0.15, -0.1) is 0 Å². The van der Waals surface area contributed by atoms with Crippen molar-refractivity contribution in [2.45, 2.75) is 27.0 Å². The predicted molar refractivity (Wildman–Crippen MR) is 173 cm³/mol. The highest BCUT2D eigenvalue weighted by Gasteiger charge is 2.35. The van der Waals surface area contributed by atoms with E-state index >= 15 is 0 Å². The van der Waals surface area contributed by atoms with Crippen molar-refractivity contribution in [3.05, 3.63) is 154 Å². The largest absolute Gasteiger partial charge is 0.489 e. The molecule has 2 amide bonds. The molecule has 1 aliphatic rings. The third kappa shape index (κ3) is 6.12. The van der Waals surface area contributed by atoms with Crippen molar-refractivity contribution < 1.29 is 18.7 Å². The Morgan fingerprint density at radius 2 is 1.57 bits per heavy atom. The molecule has 0 unspecified atom stereocenters. The lowest BCUT2D eigenvalue weighted by atomic mass is 9.93. The van der Waals surface area contributed by atoms with Crippen molar-refractivity contribution in [2.24, 2.45) is 0 Å². The lowest BCUT2D eigenvalue weighted by Gasteiger charge is -2.27. The second-order valence-electron chi connectivity index (χ2n) is 11.0. The smallest absolute Gasteiger partial charge is 0.271 e. The zero-order valence-corrected chi connectivity index (χ0v) is 25.3. The van der Waals surface area contributed by atoms with Crippen molar-refractivity contribution >= 4 is 17.9 Å². The van der Waals surface area contributed by atoms with Crippen LogP contribution in [0.1, 0.15) is 29.2 Å². The maximum Gasteiger partial charge on any atom is 0.271 e. The molecule has 0 saturated heterocycles. The summed E-state index contributed by atoms with van der Waals surface area (Å²) in [6.45, 7) is 3.89. The Bertz CT molecular complexity index is 2040. The number of nitriles is 1. The lowest BCUT2D eigenvalue weighted by Crippen LogP contribution is -2.42. The van der Waals surface area contributed by atoms with Gasteiger partial charge in [0.25, 0.3) is 11.8 Å². The molecule has 2 heterocycles. The van der Waals surface area contributed by atoms with Crippen LogP contribution < -0.4 is 4.74 Å². The molecule has 6 rings (SSSR count). The molecule has 0 spiro atoms. The normalized spacial score (nSPS) is 14.1. The van der Waals surface area contributed by atoms with Crippen molar-refractivity contribution in [3.63, 3.8) is 0 Å². The lowest BCUT2D eigenvalue weighted by molar-refractivity contribution is -0.141. The summed E-state index contributed by atoms with van der Waals surface area (Å²) < 4.78 is 21.4.